The fourth-order valence-electron chi connectivity index (χ4n) is 3.64. The van der Waals surface area contributed by atoms with Gasteiger partial charge in [0.05, 0.1) is 4.92 Å². The van der Waals surface area contributed by atoms with Crippen LogP contribution in [-0.4, -0.2) is 46.0 Å². The molecular weight excluding hydrogens is 342 g/mol. The van der Waals surface area contributed by atoms with Crippen molar-refractivity contribution in [3.63, 3.8) is 0 Å². The Bertz CT molecular complexity index is 969. The molecule has 0 N–H and O–H groups in total. The van der Waals surface area contributed by atoms with Gasteiger partial charge in [-0.15, -0.1) is 0 Å². The Kier molecular flexibility index (Phi) is 4.68. The number of nitrogens with zero attached hydrogens (tertiary/aromatic N) is 5. The van der Waals surface area contributed by atoms with Crippen molar-refractivity contribution in [1.29, 1.82) is 0 Å². The van der Waals surface area contributed by atoms with E-state index in [1.54, 1.807) is 6.07 Å². The molecule has 138 valence electrons. The van der Waals surface area contributed by atoms with Crippen molar-refractivity contribution in [2.45, 2.75) is 13.5 Å². The molecule has 0 atom stereocenters. The van der Waals surface area contributed by atoms with Gasteiger partial charge >= 0.3 is 0 Å². The number of fused-ring (bicyclic) bond motifs is 1. The zero-order valence-corrected chi connectivity index (χ0v) is 15.2. The maximum absolute atomic E-state index is 11.4. The van der Waals surface area contributed by atoms with Crippen molar-refractivity contribution in [2.75, 3.05) is 31.1 Å². The maximum atomic E-state index is 11.4. The number of rotatable bonds is 4. The van der Waals surface area contributed by atoms with Crippen molar-refractivity contribution >= 4 is 22.3 Å². The summed E-state index contributed by atoms with van der Waals surface area (Å²) in [6.07, 6.45) is 3.65. The van der Waals surface area contributed by atoms with Gasteiger partial charge in [0, 0.05) is 68.0 Å². The van der Waals surface area contributed by atoms with Crippen LogP contribution in [0.15, 0.2) is 48.8 Å². The number of pyridine rings is 2. The normalized spacial score (nSPS) is 15.2. The minimum atomic E-state index is -0.356. The van der Waals surface area contributed by atoms with E-state index < -0.39 is 0 Å². The summed E-state index contributed by atoms with van der Waals surface area (Å²) >= 11 is 0. The van der Waals surface area contributed by atoms with Gasteiger partial charge in [-0.1, -0.05) is 12.1 Å². The summed E-state index contributed by atoms with van der Waals surface area (Å²) in [6, 6.07) is 11.3. The number of aromatic nitrogens is 2. The van der Waals surface area contributed by atoms with Crippen LogP contribution in [0.1, 0.15) is 11.3 Å². The van der Waals surface area contributed by atoms with E-state index in [1.807, 2.05) is 43.6 Å². The molecule has 1 fully saturated rings. The number of piperazine rings is 1. The first-order chi connectivity index (χ1) is 13.1. The smallest absolute Gasteiger partial charge is 0.295 e. The highest BCUT2D eigenvalue weighted by molar-refractivity contribution is 5.97. The van der Waals surface area contributed by atoms with Crippen LogP contribution < -0.4 is 4.90 Å². The Morgan fingerprint density at radius 2 is 1.85 bits per heavy atom. The highest BCUT2D eigenvalue weighted by Crippen LogP contribution is 2.32. The summed E-state index contributed by atoms with van der Waals surface area (Å²) in [5, 5.41) is 12.2. The molecule has 27 heavy (non-hydrogen) atoms. The zero-order chi connectivity index (χ0) is 18.8. The van der Waals surface area contributed by atoms with Gasteiger partial charge in [0.15, 0.2) is 5.52 Å². The summed E-state index contributed by atoms with van der Waals surface area (Å²) in [5.41, 5.74) is 3.63. The van der Waals surface area contributed by atoms with Crippen molar-refractivity contribution in [1.82, 2.24) is 14.9 Å². The van der Waals surface area contributed by atoms with E-state index in [0.29, 0.717) is 5.52 Å². The van der Waals surface area contributed by atoms with Crippen molar-refractivity contribution in [2.24, 2.45) is 0 Å². The predicted octanol–water partition coefficient (Wildman–Crippen LogP) is 3.17. The molecule has 1 aliphatic heterocycles. The third-order valence-corrected chi connectivity index (χ3v) is 4.99. The van der Waals surface area contributed by atoms with E-state index in [-0.39, 0.29) is 10.6 Å². The molecule has 1 aromatic carbocycles. The van der Waals surface area contributed by atoms with Crippen LogP contribution in [0.3, 0.4) is 0 Å². The third kappa shape index (κ3) is 3.59. The maximum Gasteiger partial charge on any atom is 0.295 e. The molecule has 1 aliphatic rings. The quantitative estimate of drug-likeness (QED) is 0.523. The molecule has 0 radical (unpaired) electrons. The van der Waals surface area contributed by atoms with Crippen LogP contribution in [0, 0.1) is 17.0 Å². The minimum Gasteiger partial charge on any atom is -0.368 e. The van der Waals surface area contributed by atoms with Gasteiger partial charge in [-0.25, -0.2) is 4.98 Å². The molecule has 0 unspecified atom stereocenters. The number of nitro groups is 1. The number of non-ortho nitro benzene ring substituents is 1. The number of nitro benzene ring substituents is 1. The zero-order valence-electron chi connectivity index (χ0n) is 15.2. The lowest BCUT2D eigenvalue weighted by atomic mass is 10.1. The van der Waals surface area contributed by atoms with Crippen LogP contribution in [0.4, 0.5) is 11.4 Å². The number of benzene rings is 1. The van der Waals surface area contributed by atoms with Gasteiger partial charge in [0.1, 0.15) is 0 Å². The second-order valence-corrected chi connectivity index (χ2v) is 6.83. The summed E-state index contributed by atoms with van der Waals surface area (Å²) in [5.74, 6) is 0. The molecule has 7 nitrogen and oxygen atoms in total. The Hall–Kier alpha value is -3.06. The molecule has 0 spiro atoms. The summed E-state index contributed by atoms with van der Waals surface area (Å²) in [4.78, 5) is 24.3. The fraction of sp³-hybridized carbons (Fsp3) is 0.300. The van der Waals surface area contributed by atoms with E-state index in [1.165, 1.54) is 11.6 Å². The van der Waals surface area contributed by atoms with Gasteiger partial charge in [0.2, 0.25) is 0 Å². The third-order valence-electron chi connectivity index (χ3n) is 4.99. The van der Waals surface area contributed by atoms with E-state index in [2.05, 4.69) is 19.8 Å². The highest BCUT2D eigenvalue weighted by atomic mass is 16.6. The van der Waals surface area contributed by atoms with Gasteiger partial charge in [-0.05, 0) is 30.7 Å². The van der Waals surface area contributed by atoms with E-state index in [4.69, 9.17) is 0 Å². The number of aryl methyl sites for hydroxylation is 1. The first kappa shape index (κ1) is 17.4. The van der Waals surface area contributed by atoms with Crippen LogP contribution in [0.5, 0.6) is 0 Å². The summed E-state index contributed by atoms with van der Waals surface area (Å²) < 4.78 is 0. The number of hydrogen-bond donors (Lipinski definition) is 0. The van der Waals surface area contributed by atoms with Crippen LogP contribution >= 0.6 is 0 Å². The molecule has 3 heterocycles. The molecule has 0 amide bonds. The fourth-order valence-corrected chi connectivity index (χ4v) is 3.64. The largest absolute Gasteiger partial charge is 0.368 e. The van der Waals surface area contributed by atoms with Crippen LogP contribution in [-0.2, 0) is 6.54 Å². The first-order valence-electron chi connectivity index (χ1n) is 9.03. The SMILES string of the molecule is Cc1cc(N2CCN(Cc3ccncc3)CC2)c2cccc([N+](=O)[O-])c2n1. The van der Waals surface area contributed by atoms with Crippen molar-refractivity contribution in [3.05, 3.63) is 70.2 Å². The van der Waals surface area contributed by atoms with E-state index >= 15 is 0 Å². The summed E-state index contributed by atoms with van der Waals surface area (Å²) in [6.45, 7) is 6.45. The molecular formula is C20H21N5O2. The molecule has 3 aromatic rings. The van der Waals surface area contributed by atoms with Gasteiger partial charge in [-0.2, -0.15) is 0 Å². The van der Waals surface area contributed by atoms with Crippen molar-refractivity contribution in [3.8, 4) is 0 Å². The topological polar surface area (TPSA) is 75.4 Å². The van der Waals surface area contributed by atoms with E-state index in [0.717, 1.165) is 49.5 Å². The Morgan fingerprint density at radius 1 is 1.11 bits per heavy atom. The molecule has 4 rings (SSSR count). The average Bonchev–Trinajstić information content (AvgIpc) is 2.68. The van der Waals surface area contributed by atoms with Crippen molar-refractivity contribution < 1.29 is 4.92 Å². The lowest BCUT2D eigenvalue weighted by Gasteiger charge is -2.36. The lowest BCUT2D eigenvalue weighted by molar-refractivity contribution is -0.383. The lowest BCUT2D eigenvalue weighted by Crippen LogP contribution is -2.46. The molecule has 1 saturated heterocycles. The molecule has 0 aliphatic carbocycles. The Labute approximate surface area is 157 Å². The van der Waals surface area contributed by atoms with Gasteiger partial charge in [-0.3, -0.25) is 20.0 Å². The summed E-state index contributed by atoms with van der Waals surface area (Å²) in [7, 11) is 0. The first-order valence-corrected chi connectivity index (χ1v) is 9.03. The Morgan fingerprint density at radius 3 is 2.56 bits per heavy atom. The highest BCUT2D eigenvalue weighted by Gasteiger charge is 2.22. The Balaban J connectivity index is 1.57. The van der Waals surface area contributed by atoms with Gasteiger partial charge in [0.25, 0.3) is 5.69 Å². The minimum absolute atomic E-state index is 0.0637. The van der Waals surface area contributed by atoms with Crippen LogP contribution in [0.2, 0.25) is 0 Å². The average molecular weight is 363 g/mol. The monoisotopic (exact) mass is 363 g/mol. The molecule has 0 saturated carbocycles. The van der Waals surface area contributed by atoms with Gasteiger partial charge < -0.3 is 4.90 Å². The number of hydrogen-bond acceptors (Lipinski definition) is 6. The second-order valence-electron chi connectivity index (χ2n) is 6.83. The van der Waals surface area contributed by atoms with Crippen LogP contribution in [0.25, 0.3) is 10.9 Å². The second kappa shape index (κ2) is 7.28. The molecule has 2 aromatic heterocycles. The standard InChI is InChI=1S/C20H21N5O2/c1-15-13-19(17-3-2-4-18(25(26)27)20(17)22-15)24-11-9-23(10-12-24)14-16-5-7-21-8-6-16/h2-8,13H,9-12,14H2,1H3. The predicted molar refractivity (Wildman–Crippen MR) is 105 cm³/mol. The number of anilines is 1. The molecule has 0 bridgehead atoms. The van der Waals surface area contributed by atoms with E-state index in [9.17, 15) is 10.1 Å². The molecule has 7 heteroatoms. The number of para-hydroxylation sites is 1.